The molecule has 3 heterocycles. The summed E-state index contributed by atoms with van der Waals surface area (Å²) in [5, 5.41) is 2.50. The van der Waals surface area contributed by atoms with Gasteiger partial charge in [-0.1, -0.05) is 116 Å². The molecule has 245 valence electrons. The van der Waals surface area contributed by atoms with Crippen LogP contribution >= 0.6 is 0 Å². The molecule has 7 aromatic rings. The minimum atomic E-state index is 0. The molecule has 6 heteroatoms. The smallest absolute Gasteiger partial charge is 0.281 e. The van der Waals surface area contributed by atoms with Crippen LogP contribution in [0.4, 0.5) is 0 Å². The Hall–Kier alpha value is -4.03. The number of benzene rings is 4. The van der Waals surface area contributed by atoms with Gasteiger partial charge in [-0.25, -0.2) is 0 Å². The van der Waals surface area contributed by atoms with Crippen LogP contribution in [-0.2, 0) is 22.4 Å². The fourth-order valence-electron chi connectivity index (χ4n) is 6.52. The van der Waals surface area contributed by atoms with Gasteiger partial charge in [0.05, 0.1) is 12.4 Å². The van der Waals surface area contributed by atoms with Gasteiger partial charge in [-0.15, -0.1) is 11.0 Å². The number of hydrogen-bond acceptors (Lipinski definition) is 2. The number of nitrogens with zero attached hydrogens (tertiary/aromatic N) is 5. The van der Waals surface area contributed by atoms with Crippen LogP contribution in [0.15, 0.2) is 104 Å². The van der Waals surface area contributed by atoms with E-state index in [1.54, 1.807) is 12.4 Å². The van der Waals surface area contributed by atoms with Crippen LogP contribution in [0.2, 0.25) is 0 Å². The number of para-hydroxylation sites is 4. The maximum absolute atomic E-state index is 4.83. The molecule has 0 saturated heterocycles. The molecule has 3 aromatic heterocycles. The molecule has 0 atom stereocenters. The van der Waals surface area contributed by atoms with Gasteiger partial charge < -0.3 is 4.98 Å². The Morgan fingerprint density at radius 1 is 0.489 bits per heavy atom. The first-order valence-electron chi connectivity index (χ1n) is 16.6. The van der Waals surface area contributed by atoms with Gasteiger partial charge in [-0.2, -0.15) is 19.1 Å². The Morgan fingerprint density at radius 3 is 1.17 bits per heavy atom. The Kier molecular flexibility index (Phi) is 10.5. The Bertz CT molecular complexity index is 1930. The zero-order valence-electron chi connectivity index (χ0n) is 28.7. The van der Waals surface area contributed by atoms with Crippen LogP contribution in [0.5, 0.6) is 0 Å². The Morgan fingerprint density at radius 2 is 0.830 bits per heavy atom. The summed E-state index contributed by atoms with van der Waals surface area (Å²) in [4.78, 5) is 14.2. The van der Waals surface area contributed by atoms with Gasteiger partial charge in [0.15, 0.2) is 6.33 Å². The van der Waals surface area contributed by atoms with Gasteiger partial charge in [0.1, 0.15) is 11.4 Å². The summed E-state index contributed by atoms with van der Waals surface area (Å²) in [6.07, 6.45) is 5.81. The van der Waals surface area contributed by atoms with Crippen LogP contribution in [-0.4, -0.2) is 19.1 Å². The molecule has 0 aliphatic heterocycles. The van der Waals surface area contributed by atoms with Crippen molar-refractivity contribution in [3.63, 3.8) is 0 Å². The molecule has 0 fully saturated rings. The predicted octanol–water partition coefficient (Wildman–Crippen LogP) is 10.9. The first kappa shape index (κ1) is 34.3. The molecule has 0 bridgehead atoms. The Labute approximate surface area is 294 Å². The van der Waals surface area contributed by atoms with Crippen molar-refractivity contribution in [3.8, 4) is 11.4 Å². The van der Waals surface area contributed by atoms with Crippen molar-refractivity contribution >= 4 is 33.1 Å². The second kappa shape index (κ2) is 14.4. The van der Waals surface area contributed by atoms with Crippen molar-refractivity contribution < 1.29 is 22.4 Å². The molecule has 47 heavy (non-hydrogen) atoms. The summed E-state index contributed by atoms with van der Waals surface area (Å²) in [5.41, 5.74) is 11.7. The second-order valence-electron chi connectivity index (χ2n) is 13.4. The molecule has 0 aliphatic carbocycles. The van der Waals surface area contributed by atoms with Crippen LogP contribution in [0.1, 0.15) is 101 Å². The van der Waals surface area contributed by atoms with Crippen LogP contribution in [0, 0.1) is 0 Å². The van der Waals surface area contributed by atoms with E-state index >= 15 is 0 Å². The van der Waals surface area contributed by atoms with Gasteiger partial charge in [0.2, 0.25) is 0 Å². The third-order valence-corrected chi connectivity index (χ3v) is 8.85. The second-order valence-corrected chi connectivity index (χ2v) is 13.4. The van der Waals surface area contributed by atoms with E-state index in [0.717, 1.165) is 22.3 Å². The molecule has 7 rings (SSSR count). The summed E-state index contributed by atoms with van der Waals surface area (Å²) in [6.45, 7) is 18.1. The third kappa shape index (κ3) is 6.58. The summed E-state index contributed by atoms with van der Waals surface area (Å²) in [5.74, 6) is 1.59. The number of aromatic nitrogens is 5. The van der Waals surface area contributed by atoms with Gasteiger partial charge >= 0.3 is 0 Å². The first-order valence-corrected chi connectivity index (χ1v) is 16.6. The normalized spacial score (nSPS) is 11.6. The minimum absolute atomic E-state index is 0. The van der Waals surface area contributed by atoms with E-state index in [9.17, 15) is 0 Å². The fourth-order valence-corrected chi connectivity index (χ4v) is 6.52. The number of fused-ring (bicyclic) bond motifs is 4. The molecular formula is C41H45AuN5. The number of imidazole rings is 1. The average molecular weight is 805 g/mol. The van der Waals surface area contributed by atoms with Crippen molar-refractivity contribution in [2.45, 2.75) is 79.1 Å². The van der Waals surface area contributed by atoms with Gasteiger partial charge in [0, 0.05) is 44.6 Å². The van der Waals surface area contributed by atoms with E-state index in [4.69, 9.17) is 9.97 Å². The molecule has 0 saturated carbocycles. The van der Waals surface area contributed by atoms with E-state index in [1.807, 2.05) is 12.1 Å². The predicted molar refractivity (Wildman–Crippen MR) is 194 cm³/mol. The minimum Gasteiger partial charge on any atom is -0.657 e. The third-order valence-electron chi connectivity index (χ3n) is 8.85. The Balaban J connectivity index is 0.000000256. The summed E-state index contributed by atoms with van der Waals surface area (Å²) in [7, 11) is 0. The van der Waals surface area contributed by atoms with E-state index in [1.165, 1.54) is 44.4 Å². The zero-order valence-corrected chi connectivity index (χ0v) is 30.8. The van der Waals surface area contributed by atoms with Crippen LogP contribution in [0.3, 0.4) is 0 Å². The maximum atomic E-state index is 4.83. The van der Waals surface area contributed by atoms with Crippen molar-refractivity contribution in [3.05, 3.63) is 126 Å². The molecule has 1 radical (unpaired) electrons. The quantitative estimate of drug-likeness (QED) is 0.124. The molecule has 0 unspecified atom stereocenters. The van der Waals surface area contributed by atoms with Gasteiger partial charge in [-0.05, 0) is 58.7 Å². The molecule has 0 aliphatic rings. The average Bonchev–Trinajstić information content (AvgIpc) is 3.63. The molecule has 4 aromatic carbocycles. The van der Waals surface area contributed by atoms with E-state index in [0.29, 0.717) is 23.7 Å². The molecule has 0 N–H and O–H groups in total. The van der Waals surface area contributed by atoms with Crippen molar-refractivity contribution in [1.82, 2.24) is 24.1 Å². The molecule has 0 spiro atoms. The molecular weight excluding hydrogens is 759 g/mol. The molecule has 0 amide bonds. The van der Waals surface area contributed by atoms with Crippen LogP contribution < -0.4 is 4.98 Å². The SMILES string of the molecule is CC(C)c1cccc(C(C)C)c1-n1[cH+]n(-c2c(C(C)C)cccc2C(C)C)c2nccnc21.[Au].c1ccc2c(c1)[n-]c1ccccc12. The van der Waals surface area contributed by atoms with E-state index < -0.39 is 0 Å². The summed E-state index contributed by atoms with van der Waals surface area (Å²) < 4.78 is 4.54. The summed E-state index contributed by atoms with van der Waals surface area (Å²) in [6, 6.07) is 29.9. The number of hydrogen-bond donors (Lipinski definition) is 0. The zero-order chi connectivity index (χ0) is 32.5. The topological polar surface area (TPSA) is 49.7 Å². The van der Waals surface area contributed by atoms with Crippen LogP contribution in [0.25, 0.3) is 44.5 Å². The van der Waals surface area contributed by atoms with Gasteiger partial charge in [0.25, 0.3) is 11.3 Å². The largest absolute Gasteiger partial charge is 0.657 e. The summed E-state index contributed by atoms with van der Waals surface area (Å²) >= 11 is 0. The van der Waals surface area contributed by atoms with Crippen molar-refractivity contribution in [1.29, 1.82) is 0 Å². The monoisotopic (exact) mass is 804 g/mol. The van der Waals surface area contributed by atoms with Gasteiger partial charge in [-0.3, -0.25) is 0 Å². The molecule has 5 nitrogen and oxygen atoms in total. The van der Waals surface area contributed by atoms with Crippen molar-refractivity contribution in [2.24, 2.45) is 0 Å². The number of rotatable bonds is 6. The van der Waals surface area contributed by atoms with E-state index in [2.05, 4.69) is 149 Å². The first-order chi connectivity index (χ1) is 22.2. The fraction of sp³-hybridized carbons (Fsp3) is 0.293. The maximum Gasteiger partial charge on any atom is 0.281 e. The van der Waals surface area contributed by atoms with E-state index in [-0.39, 0.29) is 22.4 Å². The standard InChI is InChI=1S/C29H37N4.C12H8N.Au/c1-18(2)22-11-9-12-23(19(3)4)26(22)32-17-33(29-28(32)30-15-16-31-29)27-24(20(5)6)13-10-14-25(27)21(7)8;1-3-7-11-9(5-1)10-6-2-4-8-12(10)13-11;/h9-21H,1-8H3;1-8H;/q+1;-1;. The van der Waals surface area contributed by atoms with Crippen molar-refractivity contribution in [2.75, 3.05) is 0 Å².